The van der Waals surface area contributed by atoms with E-state index in [4.69, 9.17) is 16.3 Å². The van der Waals surface area contributed by atoms with Crippen molar-refractivity contribution in [1.82, 2.24) is 5.32 Å². The molecule has 2 nitrogen and oxygen atoms in total. The van der Waals surface area contributed by atoms with Crippen molar-refractivity contribution in [2.75, 3.05) is 6.54 Å². The average molecular weight is 310 g/mol. The van der Waals surface area contributed by atoms with E-state index >= 15 is 0 Å². The van der Waals surface area contributed by atoms with E-state index in [1.54, 1.807) is 11.3 Å². The quantitative estimate of drug-likeness (QED) is 0.798. The van der Waals surface area contributed by atoms with Gasteiger partial charge in [0.15, 0.2) is 0 Å². The summed E-state index contributed by atoms with van der Waals surface area (Å²) in [6, 6.07) is 7.87. The molecule has 0 spiro atoms. The number of nitrogens with one attached hydrogen (secondary N) is 1. The zero-order chi connectivity index (χ0) is 14.4. The van der Waals surface area contributed by atoms with E-state index in [1.807, 2.05) is 18.2 Å². The molecule has 4 heteroatoms. The van der Waals surface area contributed by atoms with Crippen LogP contribution in [0.2, 0.25) is 5.02 Å². The highest BCUT2D eigenvalue weighted by Gasteiger charge is 2.06. The number of halogens is 1. The van der Waals surface area contributed by atoms with Gasteiger partial charge in [-0.3, -0.25) is 0 Å². The largest absolute Gasteiger partial charge is 0.489 e. The minimum Gasteiger partial charge on any atom is -0.489 e. The molecule has 1 N–H and O–H groups in total. The predicted molar refractivity (Wildman–Crippen MR) is 86.6 cm³/mol. The SMILES string of the molecule is CC(C)CNCc1cc(Cl)ccc1OCc1ccsc1. The van der Waals surface area contributed by atoms with Crippen molar-refractivity contribution in [3.05, 3.63) is 51.2 Å². The first-order chi connectivity index (χ1) is 9.65. The van der Waals surface area contributed by atoms with Crippen LogP contribution < -0.4 is 10.1 Å². The van der Waals surface area contributed by atoms with Crippen LogP contribution in [0.25, 0.3) is 0 Å². The lowest BCUT2D eigenvalue weighted by atomic mass is 10.1. The fraction of sp³-hybridized carbons (Fsp3) is 0.375. The first kappa shape index (κ1) is 15.4. The number of hydrogen-bond acceptors (Lipinski definition) is 3. The summed E-state index contributed by atoms with van der Waals surface area (Å²) in [5.74, 6) is 1.53. The predicted octanol–water partition coefficient (Wildman–Crippen LogP) is 4.73. The van der Waals surface area contributed by atoms with Crippen molar-refractivity contribution in [2.45, 2.75) is 27.0 Å². The minimum atomic E-state index is 0.600. The fourth-order valence-electron chi connectivity index (χ4n) is 1.86. The molecule has 1 aromatic heterocycles. The second-order valence-corrected chi connectivity index (χ2v) is 6.41. The van der Waals surface area contributed by atoms with Gasteiger partial charge in [-0.2, -0.15) is 11.3 Å². The third-order valence-electron chi connectivity index (χ3n) is 2.87. The highest BCUT2D eigenvalue weighted by atomic mass is 35.5. The average Bonchev–Trinajstić information content (AvgIpc) is 2.90. The van der Waals surface area contributed by atoms with Gasteiger partial charge in [0.25, 0.3) is 0 Å². The van der Waals surface area contributed by atoms with Crippen molar-refractivity contribution in [3.8, 4) is 5.75 Å². The molecule has 0 aliphatic heterocycles. The monoisotopic (exact) mass is 309 g/mol. The molecule has 0 aliphatic rings. The van der Waals surface area contributed by atoms with Crippen LogP contribution in [-0.2, 0) is 13.2 Å². The first-order valence-corrected chi connectivity index (χ1v) is 8.10. The van der Waals surface area contributed by atoms with Gasteiger partial charge in [0.1, 0.15) is 12.4 Å². The molecule has 0 saturated carbocycles. The fourth-order valence-corrected chi connectivity index (χ4v) is 2.71. The molecule has 1 aromatic carbocycles. The maximum Gasteiger partial charge on any atom is 0.124 e. The highest BCUT2D eigenvalue weighted by Crippen LogP contribution is 2.24. The summed E-state index contributed by atoms with van der Waals surface area (Å²) in [5, 5.41) is 8.33. The summed E-state index contributed by atoms with van der Waals surface area (Å²) < 4.78 is 5.90. The summed E-state index contributed by atoms with van der Waals surface area (Å²) >= 11 is 7.76. The Morgan fingerprint density at radius 3 is 2.85 bits per heavy atom. The van der Waals surface area contributed by atoms with Crippen molar-refractivity contribution in [3.63, 3.8) is 0 Å². The zero-order valence-electron chi connectivity index (χ0n) is 11.9. The van der Waals surface area contributed by atoms with Gasteiger partial charge in [-0.15, -0.1) is 0 Å². The lowest BCUT2D eigenvalue weighted by Gasteiger charge is -2.13. The molecule has 0 bridgehead atoms. The molecular weight excluding hydrogens is 290 g/mol. The first-order valence-electron chi connectivity index (χ1n) is 6.78. The van der Waals surface area contributed by atoms with Gasteiger partial charge < -0.3 is 10.1 Å². The van der Waals surface area contributed by atoms with E-state index < -0.39 is 0 Å². The van der Waals surface area contributed by atoms with Crippen LogP contribution in [0, 0.1) is 5.92 Å². The maximum absolute atomic E-state index is 6.08. The van der Waals surface area contributed by atoms with Gasteiger partial charge in [-0.25, -0.2) is 0 Å². The smallest absolute Gasteiger partial charge is 0.124 e. The summed E-state index contributed by atoms with van der Waals surface area (Å²) in [5.41, 5.74) is 2.31. The summed E-state index contributed by atoms with van der Waals surface area (Å²) in [6.45, 7) is 6.74. The Hall–Kier alpha value is -1.03. The third kappa shape index (κ3) is 4.82. The Morgan fingerprint density at radius 2 is 2.15 bits per heavy atom. The third-order valence-corrected chi connectivity index (χ3v) is 3.83. The normalized spacial score (nSPS) is 11.0. The second-order valence-electron chi connectivity index (χ2n) is 5.20. The molecule has 0 amide bonds. The number of ether oxygens (including phenoxy) is 1. The Labute approximate surface area is 129 Å². The van der Waals surface area contributed by atoms with E-state index in [0.29, 0.717) is 12.5 Å². The van der Waals surface area contributed by atoms with Crippen LogP contribution in [0.4, 0.5) is 0 Å². The molecule has 2 aromatic rings. The molecular formula is C16H20ClNOS. The lowest BCUT2D eigenvalue weighted by molar-refractivity contribution is 0.302. The van der Waals surface area contributed by atoms with Crippen LogP contribution in [-0.4, -0.2) is 6.54 Å². The minimum absolute atomic E-state index is 0.600. The summed E-state index contributed by atoms with van der Waals surface area (Å²) in [7, 11) is 0. The van der Waals surface area contributed by atoms with Gasteiger partial charge in [0, 0.05) is 17.1 Å². The molecule has 108 valence electrons. The van der Waals surface area contributed by atoms with Gasteiger partial charge in [-0.05, 0) is 53.1 Å². The second kappa shape index (κ2) is 7.67. The van der Waals surface area contributed by atoms with Gasteiger partial charge >= 0.3 is 0 Å². The van der Waals surface area contributed by atoms with Crippen molar-refractivity contribution in [1.29, 1.82) is 0 Å². The van der Waals surface area contributed by atoms with Gasteiger partial charge in [0.2, 0.25) is 0 Å². The topological polar surface area (TPSA) is 21.3 Å². The molecule has 0 atom stereocenters. The molecule has 20 heavy (non-hydrogen) atoms. The van der Waals surface area contributed by atoms with Crippen LogP contribution in [0.15, 0.2) is 35.0 Å². The standard InChI is InChI=1S/C16H20ClNOS/c1-12(2)8-18-9-14-7-15(17)3-4-16(14)19-10-13-5-6-20-11-13/h3-7,11-12,18H,8-10H2,1-2H3. The van der Waals surface area contributed by atoms with Crippen molar-refractivity contribution in [2.24, 2.45) is 5.92 Å². The molecule has 0 unspecified atom stereocenters. The van der Waals surface area contributed by atoms with E-state index in [-0.39, 0.29) is 0 Å². The molecule has 0 saturated heterocycles. The molecule has 0 radical (unpaired) electrons. The zero-order valence-corrected chi connectivity index (χ0v) is 13.4. The van der Waals surface area contributed by atoms with Gasteiger partial charge in [0.05, 0.1) is 0 Å². The van der Waals surface area contributed by atoms with Gasteiger partial charge in [-0.1, -0.05) is 25.4 Å². The van der Waals surface area contributed by atoms with E-state index in [0.717, 1.165) is 29.4 Å². The van der Waals surface area contributed by atoms with E-state index in [1.165, 1.54) is 5.56 Å². The van der Waals surface area contributed by atoms with Crippen LogP contribution in [0.5, 0.6) is 5.75 Å². The maximum atomic E-state index is 6.08. The van der Waals surface area contributed by atoms with E-state index in [9.17, 15) is 0 Å². The van der Waals surface area contributed by atoms with Crippen molar-refractivity contribution >= 4 is 22.9 Å². The van der Waals surface area contributed by atoms with Crippen LogP contribution in [0.1, 0.15) is 25.0 Å². The number of hydrogen-bond donors (Lipinski definition) is 1. The Bertz CT molecular complexity index is 525. The van der Waals surface area contributed by atoms with E-state index in [2.05, 4.69) is 36.0 Å². The van der Waals surface area contributed by atoms with Crippen LogP contribution >= 0.6 is 22.9 Å². The van der Waals surface area contributed by atoms with Crippen LogP contribution in [0.3, 0.4) is 0 Å². The Morgan fingerprint density at radius 1 is 1.30 bits per heavy atom. The molecule has 1 heterocycles. The molecule has 0 fully saturated rings. The molecule has 2 rings (SSSR count). The Balaban J connectivity index is 1.99. The number of rotatable bonds is 7. The number of thiophene rings is 1. The summed E-state index contributed by atoms with van der Waals surface area (Å²) in [4.78, 5) is 0. The number of benzene rings is 1. The summed E-state index contributed by atoms with van der Waals surface area (Å²) in [6.07, 6.45) is 0. The Kier molecular flexibility index (Phi) is 5.89. The highest BCUT2D eigenvalue weighted by molar-refractivity contribution is 7.07. The molecule has 0 aliphatic carbocycles. The van der Waals surface area contributed by atoms with Crippen molar-refractivity contribution < 1.29 is 4.74 Å². The lowest BCUT2D eigenvalue weighted by Crippen LogP contribution is -2.19.